The molecule has 1 aromatic rings. The van der Waals surface area contributed by atoms with Crippen molar-refractivity contribution < 1.29 is 4.79 Å². The van der Waals surface area contributed by atoms with Gasteiger partial charge >= 0.3 is 0 Å². The number of hydrogen-bond acceptors (Lipinski definition) is 2. The van der Waals surface area contributed by atoms with Crippen LogP contribution in [0.25, 0.3) is 0 Å². The molecule has 1 rings (SSSR count). The zero-order valence-electron chi connectivity index (χ0n) is 6.87. The third kappa shape index (κ3) is 4.85. The fourth-order valence-electron chi connectivity index (χ4n) is 0.739. The Morgan fingerprint density at radius 1 is 1.54 bits per heavy atom. The molecule has 1 aromatic heterocycles. The number of pyridine rings is 1. The van der Waals surface area contributed by atoms with Crippen LogP contribution >= 0.6 is 28.3 Å². The molecule has 0 aliphatic heterocycles. The highest BCUT2D eigenvalue weighted by Crippen LogP contribution is 1.91. The zero-order chi connectivity index (χ0) is 8.81. The summed E-state index contributed by atoms with van der Waals surface area (Å²) in [7, 11) is 0. The van der Waals surface area contributed by atoms with Gasteiger partial charge in [0.2, 0.25) is 5.91 Å². The molecular formula is C8H10BrClN2O. The Morgan fingerprint density at radius 2 is 2.31 bits per heavy atom. The maximum absolute atomic E-state index is 10.8. The van der Waals surface area contributed by atoms with Crippen molar-refractivity contribution in [3.05, 3.63) is 30.1 Å². The van der Waals surface area contributed by atoms with E-state index in [1.807, 2.05) is 18.2 Å². The van der Waals surface area contributed by atoms with Crippen molar-refractivity contribution in [2.75, 3.05) is 5.33 Å². The Labute approximate surface area is 91.5 Å². The Bertz CT molecular complexity index is 256. The van der Waals surface area contributed by atoms with Crippen LogP contribution in [0.3, 0.4) is 0 Å². The first kappa shape index (κ1) is 12.4. The summed E-state index contributed by atoms with van der Waals surface area (Å²) >= 11 is 3.06. The molecule has 0 unspecified atom stereocenters. The molecule has 13 heavy (non-hydrogen) atoms. The minimum absolute atomic E-state index is 0. The normalized spacial score (nSPS) is 8.69. The van der Waals surface area contributed by atoms with Crippen LogP contribution in [-0.2, 0) is 11.3 Å². The minimum atomic E-state index is -0.0272. The fraction of sp³-hybridized carbons (Fsp3) is 0.250. The van der Waals surface area contributed by atoms with E-state index in [0.717, 1.165) is 5.69 Å². The number of aromatic nitrogens is 1. The summed E-state index contributed by atoms with van der Waals surface area (Å²) in [5.74, 6) is -0.0272. The molecule has 0 spiro atoms. The Kier molecular flexibility index (Phi) is 6.54. The van der Waals surface area contributed by atoms with E-state index >= 15 is 0 Å². The largest absolute Gasteiger partial charge is 0.350 e. The molecule has 1 heterocycles. The quantitative estimate of drug-likeness (QED) is 0.842. The van der Waals surface area contributed by atoms with Crippen LogP contribution < -0.4 is 5.32 Å². The van der Waals surface area contributed by atoms with Gasteiger partial charge in [0.1, 0.15) is 0 Å². The van der Waals surface area contributed by atoms with E-state index in [1.165, 1.54) is 0 Å². The molecular weight excluding hydrogens is 255 g/mol. The lowest BCUT2D eigenvalue weighted by Crippen LogP contribution is -2.23. The number of halogens is 2. The Morgan fingerprint density at radius 3 is 2.85 bits per heavy atom. The van der Waals surface area contributed by atoms with E-state index in [9.17, 15) is 4.79 Å². The van der Waals surface area contributed by atoms with Gasteiger partial charge in [-0.25, -0.2) is 0 Å². The number of alkyl halides is 1. The first-order valence-corrected chi connectivity index (χ1v) is 4.67. The average molecular weight is 266 g/mol. The summed E-state index contributed by atoms with van der Waals surface area (Å²) < 4.78 is 0. The molecule has 1 N–H and O–H groups in total. The van der Waals surface area contributed by atoms with Gasteiger partial charge in [-0.15, -0.1) is 12.4 Å². The molecule has 0 radical (unpaired) electrons. The maximum Gasteiger partial charge on any atom is 0.230 e. The van der Waals surface area contributed by atoms with E-state index in [0.29, 0.717) is 11.9 Å². The highest BCUT2D eigenvalue weighted by atomic mass is 79.9. The molecule has 0 saturated heterocycles. The van der Waals surface area contributed by atoms with Crippen molar-refractivity contribution in [1.82, 2.24) is 10.3 Å². The molecule has 3 nitrogen and oxygen atoms in total. The highest BCUT2D eigenvalue weighted by Gasteiger charge is 1.97. The second-order valence-electron chi connectivity index (χ2n) is 2.23. The second-order valence-corrected chi connectivity index (χ2v) is 2.79. The monoisotopic (exact) mass is 264 g/mol. The van der Waals surface area contributed by atoms with Gasteiger partial charge in [-0.3, -0.25) is 9.78 Å². The number of hydrogen-bond donors (Lipinski definition) is 1. The highest BCUT2D eigenvalue weighted by molar-refractivity contribution is 9.09. The van der Waals surface area contributed by atoms with Crippen molar-refractivity contribution in [2.24, 2.45) is 0 Å². The topological polar surface area (TPSA) is 42.0 Å². The molecule has 72 valence electrons. The smallest absolute Gasteiger partial charge is 0.230 e. The van der Waals surface area contributed by atoms with Crippen LogP contribution in [0.2, 0.25) is 0 Å². The summed E-state index contributed by atoms with van der Waals surface area (Å²) in [6.45, 7) is 0.491. The van der Waals surface area contributed by atoms with Gasteiger partial charge < -0.3 is 5.32 Å². The Balaban J connectivity index is 0.00000144. The van der Waals surface area contributed by atoms with Crippen molar-refractivity contribution in [2.45, 2.75) is 6.54 Å². The lowest BCUT2D eigenvalue weighted by atomic mass is 10.3. The summed E-state index contributed by atoms with van der Waals surface area (Å²) in [6, 6.07) is 5.60. The maximum atomic E-state index is 10.8. The van der Waals surface area contributed by atoms with Crippen LogP contribution in [0.15, 0.2) is 24.4 Å². The van der Waals surface area contributed by atoms with Crippen LogP contribution in [0.1, 0.15) is 5.69 Å². The van der Waals surface area contributed by atoms with Crippen molar-refractivity contribution in [3.8, 4) is 0 Å². The summed E-state index contributed by atoms with van der Waals surface area (Å²) in [5, 5.41) is 3.03. The van der Waals surface area contributed by atoms with Gasteiger partial charge in [-0.05, 0) is 12.1 Å². The molecule has 0 bridgehead atoms. The number of nitrogens with zero attached hydrogens (tertiary/aromatic N) is 1. The van der Waals surface area contributed by atoms with E-state index < -0.39 is 0 Å². The molecule has 0 aliphatic rings. The van der Waals surface area contributed by atoms with Gasteiger partial charge in [0.25, 0.3) is 0 Å². The lowest BCUT2D eigenvalue weighted by molar-refractivity contribution is -0.118. The summed E-state index contributed by atoms with van der Waals surface area (Å²) in [6.07, 6.45) is 1.70. The fourth-order valence-corrected chi connectivity index (χ4v) is 0.937. The number of carbonyl (C=O) groups is 1. The molecule has 0 saturated carbocycles. The molecule has 0 aromatic carbocycles. The second kappa shape index (κ2) is 6.86. The number of amides is 1. The van der Waals surface area contributed by atoms with Crippen LogP contribution in [0.4, 0.5) is 0 Å². The lowest BCUT2D eigenvalue weighted by Gasteiger charge is -2.00. The number of rotatable bonds is 3. The standard InChI is InChI=1S/C8H9BrN2O.ClH/c9-5-8(12)11-6-7-3-1-2-4-10-7;/h1-4H,5-6H2,(H,11,12);1H. The first-order valence-electron chi connectivity index (χ1n) is 3.55. The van der Waals surface area contributed by atoms with Crippen LogP contribution in [-0.4, -0.2) is 16.2 Å². The third-order valence-electron chi connectivity index (χ3n) is 1.31. The van der Waals surface area contributed by atoms with Gasteiger partial charge in [-0.1, -0.05) is 22.0 Å². The van der Waals surface area contributed by atoms with Crippen LogP contribution in [0, 0.1) is 0 Å². The van der Waals surface area contributed by atoms with E-state index in [-0.39, 0.29) is 18.3 Å². The van der Waals surface area contributed by atoms with Gasteiger partial charge in [0.05, 0.1) is 17.6 Å². The van der Waals surface area contributed by atoms with E-state index in [4.69, 9.17) is 0 Å². The third-order valence-corrected chi connectivity index (χ3v) is 1.82. The predicted molar refractivity (Wildman–Crippen MR) is 57.1 cm³/mol. The van der Waals surface area contributed by atoms with Crippen molar-refractivity contribution in [3.63, 3.8) is 0 Å². The van der Waals surface area contributed by atoms with E-state index in [2.05, 4.69) is 26.2 Å². The molecule has 1 amide bonds. The molecule has 0 atom stereocenters. The predicted octanol–water partition coefficient (Wildman–Crippen LogP) is 1.51. The summed E-state index contributed by atoms with van der Waals surface area (Å²) in [4.78, 5) is 14.9. The average Bonchev–Trinajstić information content (AvgIpc) is 2.16. The van der Waals surface area contributed by atoms with Gasteiger partial charge in [0, 0.05) is 6.20 Å². The summed E-state index contributed by atoms with van der Waals surface area (Å²) in [5.41, 5.74) is 0.867. The van der Waals surface area contributed by atoms with Crippen LogP contribution in [0.5, 0.6) is 0 Å². The van der Waals surface area contributed by atoms with Gasteiger partial charge in [-0.2, -0.15) is 0 Å². The molecule has 0 aliphatic carbocycles. The zero-order valence-corrected chi connectivity index (χ0v) is 9.27. The van der Waals surface area contributed by atoms with Crippen molar-refractivity contribution >= 4 is 34.2 Å². The molecule has 5 heteroatoms. The first-order chi connectivity index (χ1) is 5.83. The van der Waals surface area contributed by atoms with Crippen molar-refractivity contribution in [1.29, 1.82) is 0 Å². The number of carbonyl (C=O) groups excluding carboxylic acids is 1. The SMILES string of the molecule is Cl.O=C(CBr)NCc1ccccn1. The Hall–Kier alpha value is -0.610. The van der Waals surface area contributed by atoms with Gasteiger partial charge in [0.15, 0.2) is 0 Å². The molecule has 0 fully saturated rings. The minimum Gasteiger partial charge on any atom is -0.350 e. The number of nitrogens with one attached hydrogen (secondary N) is 1. The van der Waals surface area contributed by atoms with E-state index in [1.54, 1.807) is 6.20 Å².